The van der Waals surface area contributed by atoms with E-state index in [-0.39, 0.29) is 18.9 Å². The zero-order valence-corrected chi connectivity index (χ0v) is 15.6. The third-order valence-corrected chi connectivity index (χ3v) is 5.47. The first kappa shape index (κ1) is 20.2. The van der Waals surface area contributed by atoms with Crippen molar-refractivity contribution in [3.05, 3.63) is 11.6 Å². The zero-order valence-electron chi connectivity index (χ0n) is 14.8. The molecule has 0 fully saturated rings. The molecule has 23 heavy (non-hydrogen) atoms. The summed E-state index contributed by atoms with van der Waals surface area (Å²) in [6.07, 6.45) is 10.3. The standard InChI is InChI=1S/C17H32N2O3S/c1-15(2)10-13-19(23(3,21)22)14-11-17(20)18-12-9-16-7-5-4-6-8-16/h7,15H,4-6,8-14H2,1-3H3,(H,18,20). The molecule has 0 aliphatic heterocycles. The number of carbonyl (C=O) groups excluding carboxylic acids is 1. The maximum atomic E-state index is 11.9. The first-order chi connectivity index (χ1) is 10.8. The summed E-state index contributed by atoms with van der Waals surface area (Å²) in [5.74, 6) is 0.372. The average Bonchev–Trinajstić information content (AvgIpc) is 2.46. The van der Waals surface area contributed by atoms with Gasteiger partial charge in [-0.1, -0.05) is 25.5 Å². The highest BCUT2D eigenvalue weighted by Crippen LogP contribution is 2.19. The van der Waals surface area contributed by atoms with E-state index in [4.69, 9.17) is 0 Å². The van der Waals surface area contributed by atoms with Gasteiger partial charge >= 0.3 is 0 Å². The molecule has 0 bridgehead atoms. The van der Waals surface area contributed by atoms with Crippen LogP contribution < -0.4 is 5.32 Å². The van der Waals surface area contributed by atoms with E-state index >= 15 is 0 Å². The Labute approximate surface area is 141 Å². The van der Waals surface area contributed by atoms with Crippen molar-refractivity contribution in [1.82, 2.24) is 9.62 Å². The summed E-state index contributed by atoms with van der Waals surface area (Å²) in [5, 5.41) is 2.90. The lowest BCUT2D eigenvalue weighted by Crippen LogP contribution is -2.36. The van der Waals surface area contributed by atoms with Gasteiger partial charge in [-0.15, -0.1) is 0 Å². The number of nitrogens with zero attached hydrogens (tertiary/aromatic N) is 1. The van der Waals surface area contributed by atoms with E-state index in [0.717, 1.165) is 25.7 Å². The van der Waals surface area contributed by atoms with E-state index in [0.29, 0.717) is 19.0 Å². The Hall–Kier alpha value is -0.880. The minimum Gasteiger partial charge on any atom is -0.356 e. The Morgan fingerprint density at radius 1 is 1.30 bits per heavy atom. The van der Waals surface area contributed by atoms with Crippen molar-refractivity contribution < 1.29 is 13.2 Å². The number of nitrogens with one attached hydrogen (secondary N) is 1. The first-order valence-corrected chi connectivity index (χ1v) is 10.5. The Kier molecular flexibility index (Phi) is 8.84. The Morgan fingerprint density at radius 3 is 2.61 bits per heavy atom. The van der Waals surface area contributed by atoms with Gasteiger partial charge in [-0.2, -0.15) is 0 Å². The van der Waals surface area contributed by atoms with E-state index < -0.39 is 10.0 Å². The minimum absolute atomic E-state index is 0.0698. The van der Waals surface area contributed by atoms with Crippen LogP contribution in [0.3, 0.4) is 0 Å². The fourth-order valence-electron chi connectivity index (χ4n) is 2.65. The SMILES string of the molecule is CC(C)CCN(CCC(=O)NCCC1=CCCCC1)S(C)(=O)=O. The molecule has 0 spiro atoms. The third kappa shape index (κ3) is 9.11. The van der Waals surface area contributed by atoms with Crippen LogP contribution in [0, 0.1) is 5.92 Å². The molecular weight excluding hydrogens is 312 g/mol. The Morgan fingerprint density at radius 2 is 2.04 bits per heavy atom. The van der Waals surface area contributed by atoms with Crippen molar-refractivity contribution in [1.29, 1.82) is 0 Å². The van der Waals surface area contributed by atoms with E-state index in [1.54, 1.807) is 0 Å². The summed E-state index contributed by atoms with van der Waals surface area (Å²) in [6, 6.07) is 0. The number of allylic oxidation sites excluding steroid dienone is 1. The lowest BCUT2D eigenvalue weighted by Gasteiger charge is -2.20. The Bertz CT molecular complexity index is 498. The molecule has 0 saturated carbocycles. The molecule has 1 rings (SSSR count). The fourth-order valence-corrected chi connectivity index (χ4v) is 3.51. The van der Waals surface area contributed by atoms with E-state index in [9.17, 15) is 13.2 Å². The number of rotatable bonds is 10. The predicted octanol–water partition coefficient (Wildman–Crippen LogP) is 2.69. The molecule has 0 unspecified atom stereocenters. The molecule has 1 aliphatic carbocycles. The quantitative estimate of drug-likeness (QED) is 0.620. The highest BCUT2D eigenvalue weighted by molar-refractivity contribution is 7.88. The fraction of sp³-hybridized carbons (Fsp3) is 0.824. The van der Waals surface area contributed by atoms with Gasteiger partial charge in [0.05, 0.1) is 6.26 Å². The lowest BCUT2D eigenvalue weighted by atomic mass is 9.97. The number of carbonyl (C=O) groups is 1. The average molecular weight is 345 g/mol. The second-order valence-electron chi connectivity index (χ2n) is 6.80. The van der Waals surface area contributed by atoms with Gasteiger partial charge in [0.15, 0.2) is 0 Å². The van der Waals surface area contributed by atoms with Crippen molar-refractivity contribution in [2.45, 2.75) is 58.8 Å². The van der Waals surface area contributed by atoms with Gasteiger partial charge in [-0.3, -0.25) is 4.79 Å². The van der Waals surface area contributed by atoms with Crippen LogP contribution in [-0.4, -0.2) is 44.5 Å². The molecule has 134 valence electrons. The summed E-state index contributed by atoms with van der Waals surface area (Å²) in [7, 11) is -3.25. The molecule has 1 amide bonds. The molecule has 0 atom stereocenters. The summed E-state index contributed by atoms with van der Waals surface area (Å²) >= 11 is 0. The van der Waals surface area contributed by atoms with Crippen LogP contribution in [0.15, 0.2) is 11.6 Å². The van der Waals surface area contributed by atoms with Gasteiger partial charge in [-0.05, 0) is 44.4 Å². The van der Waals surface area contributed by atoms with E-state index in [1.165, 1.54) is 29.0 Å². The van der Waals surface area contributed by atoms with Gasteiger partial charge in [-0.25, -0.2) is 12.7 Å². The van der Waals surface area contributed by atoms with Crippen LogP contribution in [0.4, 0.5) is 0 Å². The van der Waals surface area contributed by atoms with Gasteiger partial charge in [0.1, 0.15) is 0 Å². The number of hydrogen-bond donors (Lipinski definition) is 1. The largest absolute Gasteiger partial charge is 0.356 e. The molecule has 0 aromatic carbocycles. The highest BCUT2D eigenvalue weighted by atomic mass is 32.2. The molecule has 0 heterocycles. The van der Waals surface area contributed by atoms with Crippen LogP contribution in [-0.2, 0) is 14.8 Å². The maximum absolute atomic E-state index is 11.9. The lowest BCUT2D eigenvalue weighted by molar-refractivity contribution is -0.121. The number of hydrogen-bond acceptors (Lipinski definition) is 3. The molecule has 0 radical (unpaired) electrons. The molecule has 0 aromatic heterocycles. The van der Waals surface area contributed by atoms with Crippen LogP contribution in [0.25, 0.3) is 0 Å². The van der Waals surface area contributed by atoms with Crippen molar-refractivity contribution in [2.24, 2.45) is 5.92 Å². The second-order valence-corrected chi connectivity index (χ2v) is 8.79. The molecule has 1 N–H and O–H groups in total. The normalized spacial score (nSPS) is 15.8. The molecule has 1 aliphatic rings. The Balaban J connectivity index is 2.29. The smallest absolute Gasteiger partial charge is 0.221 e. The zero-order chi connectivity index (χ0) is 17.3. The summed E-state index contributed by atoms with van der Waals surface area (Å²) in [4.78, 5) is 11.9. The molecule has 5 nitrogen and oxygen atoms in total. The van der Waals surface area contributed by atoms with Gasteiger partial charge < -0.3 is 5.32 Å². The summed E-state index contributed by atoms with van der Waals surface area (Å²) < 4.78 is 24.9. The molecule has 6 heteroatoms. The third-order valence-electron chi connectivity index (χ3n) is 4.17. The van der Waals surface area contributed by atoms with E-state index in [2.05, 4.69) is 25.2 Å². The van der Waals surface area contributed by atoms with Crippen molar-refractivity contribution in [2.75, 3.05) is 25.9 Å². The highest BCUT2D eigenvalue weighted by Gasteiger charge is 2.18. The summed E-state index contributed by atoms with van der Waals surface area (Å²) in [5.41, 5.74) is 1.44. The molecule has 0 saturated heterocycles. The molecular formula is C17H32N2O3S. The topological polar surface area (TPSA) is 66.5 Å². The van der Waals surface area contributed by atoms with Crippen molar-refractivity contribution in [3.63, 3.8) is 0 Å². The number of sulfonamides is 1. The van der Waals surface area contributed by atoms with Crippen LogP contribution in [0.5, 0.6) is 0 Å². The second kappa shape index (κ2) is 10.1. The van der Waals surface area contributed by atoms with Gasteiger partial charge in [0, 0.05) is 26.1 Å². The maximum Gasteiger partial charge on any atom is 0.221 e. The van der Waals surface area contributed by atoms with Crippen molar-refractivity contribution in [3.8, 4) is 0 Å². The van der Waals surface area contributed by atoms with Crippen LogP contribution >= 0.6 is 0 Å². The van der Waals surface area contributed by atoms with Crippen LogP contribution in [0.2, 0.25) is 0 Å². The number of amides is 1. The first-order valence-electron chi connectivity index (χ1n) is 8.68. The summed E-state index contributed by atoms with van der Waals surface area (Å²) in [6.45, 7) is 5.52. The van der Waals surface area contributed by atoms with Crippen molar-refractivity contribution >= 4 is 15.9 Å². The van der Waals surface area contributed by atoms with Gasteiger partial charge in [0.2, 0.25) is 15.9 Å². The van der Waals surface area contributed by atoms with E-state index in [1.807, 2.05) is 0 Å². The molecule has 0 aromatic rings. The predicted molar refractivity (Wildman–Crippen MR) is 94.7 cm³/mol. The minimum atomic E-state index is -3.25. The monoisotopic (exact) mass is 344 g/mol. The van der Waals surface area contributed by atoms with Crippen LogP contribution in [0.1, 0.15) is 58.8 Å². The van der Waals surface area contributed by atoms with Gasteiger partial charge in [0.25, 0.3) is 0 Å².